The predicted octanol–water partition coefficient (Wildman–Crippen LogP) is 0.303. The second-order valence-corrected chi connectivity index (χ2v) is 3.05. The summed E-state index contributed by atoms with van der Waals surface area (Å²) in [5, 5.41) is 5.74. The van der Waals surface area contributed by atoms with Crippen LogP contribution in [0.1, 0.15) is 13.8 Å². The molecule has 0 saturated carbocycles. The van der Waals surface area contributed by atoms with Crippen LogP contribution in [0.2, 0.25) is 0 Å². The molecule has 0 aliphatic carbocycles. The van der Waals surface area contributed by atoms with Crippen molar-refractivity contribution in [2.75, 3.05) is 26.3 Å². The van der Waals surface area contributed by atoms with Gasteiger partial charge in [-0.2, -0.15) is 0 Å². The standard InChI is InChI=1S/C10H20N2O2/c1-4-6-11-7-10(13)12-9(3)8-14-5-2/h4,9,11H,1,5-8H2,2-3H3,(H,12,13). The Morgan fingerprint density at radius 1 is 1.64 bits per heavy atom. The summed E-state index contributed by atoms with van der Waals surface area (Å²) in [7, 11) is 0. The number of nitrogens with one attached hydrogen (secondary N) is 2. The monoisotopic (exact) mass is 200 g/mol. The molecule has 0 radical (unpaired) electrons. The van der Waals surface area contributed by atoms with Crippen LogP contribution < -0.4 is 10.6 Å². The first-order valence-corrected chi connectivity index (χ1v) is 4.89. The predicted molar refractivity (Wildman–Crippen MR) is 57.2 cm³/mol. The quantitative estimate of drug-likeness (QED) is 0.438. The minimum atomic E-state index is -0.0148. The molecule has 14 heavy (non-hydrogen) atoms. The van der Waals surface area contributed by atoms with Gasteiger partial charge in [-0.05, 0) is 13.8 Å². The third-order valence-electron chi connectivity index (χ3n) is 1.55. The van der Waals surface area contributed by atoms with E-state index in [1.165, 1.54) is 0 Å². The van der Waals surface area contributed by atoms with Gasteiger partial charge in [-0.1, -0.05) is 6.08 Å². The Labute approximate surface area is 85.7 Å². The van der Waals surface area contributed by atoms with Crippen LogP contribution in [0.15, 0.2) is 12.7 Å². The van der Waals surface area contributed by atoms with Gasteiger partial charge in [0.25, 0.3) is 0 Å². The van der Waals surface area contributed by atoms with Crippen LogP contribution in [-0.2, 0) is 9.53 Å². The molecule has 2 N–H and O–H groups in total. The molecule has 0 rings (SSSR count). The molecule has 1 amide bonds. The first-order chi connectivity index (χ1) is 6.70. The van der Waals surface area contributed by atoms with Crippen molar-refractivity contribution in [1.82, 2.24) is 10.6 Å². The number of hydrogen-bond acceptors (Lipinski definition) is 3. The fraction of sp³-hybridized carbons (Fsp3) is 0.700. The van der Waals surface area contributed by atoms with E-state index in [9.17, 15) is 4.79 Å². The van der Waals surface area contributed by atoms with E-state index in [1.54, 1.807) is 6.08 Å². The molecule has 0 aromatic carbocycles. The Morgan fingerprint density at radius 3 is 2.93 bits per heavy atom. The molecule has 0 bridgehead atoms. The van der Waals surface area contributed by atoms with Crippen LogP contribution in [0.4, 0.5) is 0 Å². The van der Waals surface area contributed by atoms with Crippen molar-refractivity contribution in [3.05, 3.63) is 12.7 Å². The van der Waals surface area contributed by atoms with Gasteiger partial charge in [0.2, 0.25) is 5.91 Å². The topological polar surface area (TPSA) is 50.4 Å². The van der Waals surface area contributed by atoms with Crippen molar-refractivity contribution >= 4 is 5.91 Å². The number of hydrogen-bond donors (Lipinski definition) is 2. The highest BCUT2D eigenvalue weighted by Crippen LogP contribution is 1.83. The Hall–Kier alpha value is -0.870. The number of amides is 1. The van der Waals surface area contributed by atoms with E-state index in [2.05, 4.69) is 17.2 Å². The normalized spacial score (nSPS) is 12.1. The van der Waals surface area contributed by atoms with Crippen LogP contribution in [0, 0.1) is 0 Å². The Bertz CT molecular complexity index is 172. The minimum Gasteiger partial charge on any atom is -0.380 e. The Kier molecular flexibility index (Phi) is 8.17. The lowest BCUT2D eigenvalue weighted by molar-refractivity contribution is -0.121. The lowest BCUT2D eigenvalue weighted by Crippen LogP contribution is -2.41. The van der Waals surface area contributed by atoms with E-state index >= 15 is 0 Å². The number of carbonyl (C=O) groups excluding carboxylic acids is 1. The summed E-state index contributed by atoms with van der Waals surface area (Å²) in [6.07, 6.45) is 1.72. The smallest absolute Gasteiger partial charge is 0.234 e. The lowest BCUT2D eigenvalue weighted by atomic mass is 10.3. The molecule has 4 nitrogen and oxygen atoms in total. The van der Waals surface area contributed by atoms with Crippen LogP contribution in [0.25, 0.3) is 0 Å². The Morgan fingerprint density at radius 2 is 2.36 bits per heavy atom. The van der Waals surface area contributed by atoms with Crippen molar-refractivity contribution in [2.45, 2.75) is 19.9 Å². The second-order valence-electron chi connectivity index (χ2n) is 3.05. The maximum absolute atomic E-state index is 11.2. The van der Waals surface area contributed by atoms with Gasteiger partial charge >= 0.3 is 0 Å². The van der Waals surface area contributed by atoms with E-state index < -0.39 is 0 Å². The van der Waals surface area contributed by atoms with E-state index in [0.29, 0.717) is 26.3 Å². The first kappa shape index (κ1) is 13.1. The maximum atomic E-state index is 11.2. The SMILES string of the molecule is C=CCNCC(=O)NC(C)COCC. The third kappa shape index (κ3) is 7.76. The van der Waals surface area contributed by atoms with Gasteiger partial charge in [0, 0.05) is 19.2 Å². The highest BCUT2D eigenvalue weighted by Gasteiger charge is 2.05. The molecule has 0 aliphatic heterocycles. The van der Waals surface area contributed by atoms with E-state index in [4.69, 9.17) is 4.74 Å². The zero-order valence-corrected chi connectivity index (χ0v) is 9.01. The maximum Gasteiger partial charge on any atom is 0.234 e. The van der Waals surface area contributed by atoms with Crippen LogP contribution >= 0.6 is 0 Å². The zero-order chi connectivity index (χ0) is 10.8. The molecule has 1 unspecified atom stereocenters. The van der Waals surface area contributed by atoms with Crippen LogP contribution in [0.3, 0.4) is 0 Å². The summed E-state index contributed by atoms with van der Waals surface area (Å²) in [4.78, 5) is 11.2. The zero-order valence-electron chi connectivity index (χ0n) is 9.01. The van der Waals surface area contributed by atoms with Gasteiger partial charge in [-0.3, -0.25) is 4.79 Å². The fourth-order valence-electron chi connectivity index (χ4n) is 0.950. The van der Waals surface area contributed by atoms with Crippen molar-refractivity contribution in [2.24, 2.45) is 0 Å². The number of ether oxygens (including phenoxy) is 1. The molecule has 1 atom stereocenters. The summed E-state index contributed by atoms with van der Waals surface area (Å²) in [5.74, 6) is -0.0148. The molecule has 0 fully saturated rings. The molecule has 82 valence electrons. The molecule has 0 aromatic rings. The average Bonchev–Trinajstić information content (AvgIpc) is 2.15. The van der Waals surface area contributed by atoms with Crippen molar-refractivity contribution in [3.8, 4) is 0 Å². The molecular weight excluding hydrogens is 180 g/mol. The summed E-state index contributed by atoms with van der Waals surface area (Å²) >= 11 is 0. The molecule has 0 saturated heterocycles. The minimum absolute atomic E-state index is 0.0148. The van der Waals surface area contributed by atoms with Gasteiger partial charge in [0.15, 0.2) is 0 Å². The Balaban J connectivity index is 3.44. The number of carbonyl (C=O) groups is 1. The van der Waals surface area contributed by atoms with Crippen molar-refractivity contribution in [1.29, 1.82) is 0 Å². The van der Waals surface area contributed by atoms with E-state index in [-0.39, 0.29) is 11.9 Å². The average molecular weight is 200 g/mol. The van der Waals surface area contributed by atoms with E-state index in [1.807, 2.05) is 13.8 Å². The first-order valence-electron chi connectivity index (χ1n) is 4.89. The summed E-state index contributed by atoms with van der Waals surface area (Å²) in [6, 6.07) is 0.0629. The number of rotatable bonds is 8. The molecular formula is C10H20N2O2. The van der Waals surface area contributed by atoms with Gasteiger partial charge in [0.1, 0.15) is 0 Å². The highest BCUT2D eigenvalue weighted by molar-refractivity contribution is 5.78. The van der Waals surface area contributed by atoms with Crippen LogP contribution in [0.5, 0.6) is 0 Å². The summed E-state index contributed by atoms with van der Waals surface area (Å²) < 4.78 is 5.17. The van der Waals surface area contributed by atoms with Gasteiger partial charge < -0.3 is 15.4 Å². The van der Waals surface area contributed by atoms with Gasteiger partial charge in [-0.25, -0.2) is 0 Å². The molecule has 4 heteroatoms. The van der Waals surface area contributed by atoms with E-state index in [0.717, 1.165) is 0 Å². The van der Waals surface area contributed by atoms with Gasteiger partial charge in [0.05, 0.1) is 13.2 Å². The summed E-state index contributed by atoms with van der Waals surface area (Å²) in [5.41, 5.74) is 0. The lowest BCUT2D eigenvalue weighted by Gasteiger charge is -2.13. The second kappa shape index (κ2) is 8.72. The van der Waals surface area contributed by atoms with Crippen molar-refractivity contribution in [3.63, 3.8) is 0 Å². The third-order valence-corrected chi connectivity index (χ3v) is 1.55. The van der Waals surface area contributed by atoms with Gasteiger partial charge in [-0.15, -0.1) is 6.58 Å². The highest BCUT2D eigenvalue weighted by atomic mass is 16.5. The largest absolute Gasteiger partial charge is 0.380 e. The molecule has 0 spiro atoms. The van der Waals surface area contributed by atoms with Crippen LogP contribution in [-0.4, -0.2) is 38.3 Å². The molecule has 0 aromatic heterocycles. The summed E-state index contributed by atoms with van der Waals surface area (Å²) in [6.45, 7) is 9.60. The molecule has 0 heterocycles. The molecule has 0 aliphatic rings. The van der Waals surface area contributed by atoms with Crippen molar-refractivity contribution < 1.29 is 9.53 Å². The fourth-order valence-corrected chi connectivity index (χ4v) is 0.950.